The fourth-order valence-electron chi connectivity index (χ4n) is 2.38. The normalized spacial score (nSPS) is 14.1. The van der Waals surface area contributed by atoms with Crippen LogP contribution in [-0.4, -0.2) is 11.7 Å². The molecule has 106 valence electrons. The Balaban J connectivity index is 2.36. The molecular weight excluding hydrogens is 253 g/mol. The summed E-state index contributed by atoms with van der Waals surface area (Å²) in [4.78, 5) is 0. The first-order chi connectivity index (χ1) is 9.54. The highest BCUT2D eigenvalue weighted by Gasteiger charge is 2.24. The molecule has 2 nitrogen and oxygen atoms in total. The number of rotatable bonds is 4. The molecule has 3 heteroatoms. The maximum absolute atomic E-state index is 13.9. The van der Waals surface area contributed by atoms with Gasteiger partial charge in [0.2, 0.25) is 0 Å². The van der Waals surface area contributed by atoms with E-state index < -0.39 is 12.0 Å². The van der Waals surface area contributed by atoms with E-state index in [2.05, 4.69) is 0 Å². The van der Waals surface area contributed by atoms with Gasteiger partial charge in [-0.3, -0.25) is 0 Å². The van der Waals surface area contributed by atoms with Crippen molar-refractivity contribution < 1.29 is 9.50 Å². The molecule has 0 saturated heterocycles. The summed E-state index contributed by atoms with van der Waals surface area (Å²) in [6.07, 6.45) is -0.809. The zero-order valence-electron chi connectivity index (χ0n) is 11.8. The van der Waals surface area contributed by atoms with Gasteiger partial charge in [-0.15, -0.1) is 0 Å². The van der Waals surface area contributed by atoms with Crippen LogP contribution in [0.2, 0.25) is 0 Å². The van der Waals surface area contributed by atoms with Gasteiger partial charge >= 0.3 is 0 Å². The number of hydrogen-bond acceptors (Lipinski definition) is 2. The molecule has 20 heavy (non-hydrogen) atoms. The molecule has 2 atom stereocenters. The highest BCUT2D eigenvalue weighted by molar-refractivity contribution is 5.34. The summed E-state index contributed by atoms with van der Waals surface area (Å²) in [7, 11) is 0. The minimum absolute atomic E-state index is 0.190. The van der Waals surface area contributed by atoms with Gasteiger partial charge in [-0.25, -0.2) is 4.39 Å². The van der Waals surface area contributed by atoms with Crippen molar-refractivity contribution in [3.8, 4) is 0 Å². The molecule has 0 aromatic heterocycles. The first-order valence-electron chi connectivity index (χ1n) is 6.74. The van der Waals surface area contributed by atoms with Crippen LogP contribution in [-0.2, 0) is 0 Å². The van der Waals surface area contributed by atoms with Crippen molar-refractivity contribution in [3.63, 3.8) is 0 Å². The van der Waals surface area contributed by atoms with Crippen molar-refractivity contribution in [2.24, 2.45) is 5.73 Å². The first-order valence-corrected chi connectivity index (χ1v) is 6.74. The van der Waals surface area contributed by atoms with Crippen LogP contribution in [0, 0.1) is 19.7 Å². The van der Waals surface area contributed by atoms with Gasteiger partial charge in [0.15, 0.2) is 0 Å². The number of aryl methyl sites for hydroxylation is 2. The summed E-state index contributed by atoms with van der Waals surface area (Å²) in [5.74, 6) is -0.774. The lowest BCUT2D eigenvalue weighted by Crippen LogP contribution is -2.21. The molecule has 3 N–H and O–H groups in total. The molecule has 2 aromatic carbocycles. The van der Waals surface area contributed by atoms with Crippen molar-refractivity contribution in [1.82, 2.24) is 0 Å². The molecule has 0 saturated carbocycles. The molecule has 2 rings (SSSR count). The van der Waals surface area contributed by atoms with Gasteiger partial charge in [-0.1, -0.05) is 36.4 Å². The van der Waals surface area contributed by atoms with E-state index in [9.17, 15) is 9.50 Å². The second-order valence-corrected chi connectivity index (χ2v) is 5.15. The van der Waals surface area contributed by atoms with E-state index >= 15 is 0 Å². The maximum Gasteiger partial charge on any atom is 0.126 e. The van der Waals surface area contributed by atoms with Crippen LogP contribution in [0.1, 0.15) is 34.3 Å². The number of hydrogen-bond donors (Lipinski definition) is 2. The minimum atomic E-state index is -0.809. The van der Waals surface area contributed by atoms with Crippen LogP contribution >= 0.6 is 0 Å². The van der Waals surface area contributed by atoms with Gasteiger partial charge in [0.25, 0.3) is 0 Å². The Morgan fingerprint density at radius 3 is 2.40 bits per heavy atom. The third-order valence-electron chi connectivity index (χ3n) is 3.81. The summed E-state index contributed by atoms with van der Waals surface area (Å²) in [5.41, 5.74) is 9.25. The van der Waals surface area contributed by atoms with Crippen molar-refractivity contribution >= 4 is 0 Å². The molecule has 0 heterocycles. The van der Waals surface area contributed by atoms with Crippen molar-refractivity contribution in [2.45, 2.75) is 25.9 Å². The lowest BCUT2D eigenvalue weighted by molar-refractivity contribution is 0.145. The lowest BCUT2D eigenvalue weighted by Gasteiger charge is -2.23. The molecule has 2 aromatic rings. The standard InChI is InChI=1S/C17H20FNO/c1-11-7-8-13(9-12(11)2)17(20)15(10-19)14-5-3-4-6-16(14)18/h3-9,15,17,20H,10,19H2,1-2H3. The molecule has 0 aliphatic rings. The number of benzene rings is 2. The Hall–Kier alpha value is -1.71. The van der Waals surface area contributed by atoms with Gasteiger partial charge in [-0.2, -0.15) is 0 Å². The smallest absolute Gasteiger partial charge is 0.126 e. The summed E-state index contributed by atoms with van der Waals surface area (Å²) < 4.78 is 13.9. The Morgan fingerprint density at radius 1 is 1.10 bits per heavy atom. The third-order valence-corrected chi connectivity index (χ3v) is 3.81. The number of nitrogens with two attached hydrogens (primary N) is 1. The van der Waals surface area contributed by atoms with Crippen LogP contribution in [0.5, 0.6) is 0 Å². The second-order valence-electron chi connectivity index (χ2n) is 5.15. The second kappa shape index (κ2) is 6.16. The fourth-order valence-corrected chi connectivity index (χ4v) is 2.38. The Morgan fingerprint density at radius 2 is 1.80 bits per heavy atom. The van der Waals surface area contributed by atoms with E-state index in [1.807, 2.05) is 32.0 Å². The van der Waals surface area contributed by atoms with Crippen molar-refractivity contribution in [3.05, 3.63) is 70.5 Å². The van der Waals surface area contributed by atoms with Crippen LogP contribution in [0.15, 0.2) is 42.5 Å². The molecule has 0 amide bonds. The first kappa shape index (κ1) is 14.7. The van der Waals surface area contributed by atoms with Crippen LogP contribution < -0.4 is 5.73 Å². The number of aliphatic hydroxyl groups is 1. The van der Waals surface area contributed by atoms with Gasteiger partial charge in [0.05, 0.1) is 6.10 Å². The van der Waals surface area contributed by atoms with Crippen LogP contribution in [0.4, 0.5) is 4.39 Å². The third kappa shape index (κ3) is 2.89. The predicted molar refractivity (Wildman–Crippen MR) is 79.1 cm³/mol. The Labute approximate surface area is 119 Å². The molecular formula is C17H20FNO. The van der Waals surface area contributed by atoms with Crippen LogP contribution in [0.25, 0.3) is 0 Å². The summed E-state index contributed by atoms with van der Waals surface area (Å²) in [6.45, 7) is 4.20. The Kier molecular flexibility index (Phi) is 4.53. The highest BCUT2D eigenvalue weighted by atomic mass is 19.1. The molecule has 0 bridgehead atoms. The summed E-state index contributed by atoms with van der Waals surface area (Å²) >= 11 is 0. The topological polar surface area (TPSA) is 46.2 Å². The van der Waals surface area contributed by atoms with E-state index in [1.165, 1.54) is 6.07 Å². The molecule has 0 aliphatic carbocycles. The van der Waals surface area contributed by atoms with E-state index in [1.54, 1.807) is 18.2 Å². The maximum atomic E-state index is 13.9. The number of aliphatic hydroxyl groups excluding tert-OH is 1. The monoisotopic (exact) mass is 273 g/mol. The van der Waals surface area contributed by atoms with Gasteiger partial charge < -0.3 is 10.8 Å². The average molecular weight is 273 g/mol. The zero-order chi connectivity index (χ0) is 14.7. The van der Waals surface area contributed by atoms with E-state index in [0.29, 0.717) is 5.56 Å². The molecule has 0 spiro atoms. The quantitative estimate of drug-likeness (QED) is 0.898. The lowest BCUT2D eigenvalue weighted by atomic mass is 9.88. The van der Waals surface area contributed by atoms with Crippen molar-refractivity contribution in [2.75, 3.05) is 6.54 Å². The Bertz CT molecular complexity index is 597. The fraction of sp³-hybridized carbons (Fsp3) is 0.294. The van der Waals surface area contributed by atoms with Gasteiger partial charge in [-0.05, 0) is 42.2 Å². The molecule has 0 radical (unpaired) electrons. The largest absolute Gasteiger partial charge is 0.388 e. The molecule has 2 unspecified atom stereocenters. The average Bonchev–Trinajstić information content (AvgIpc) is 2.44. The predicted octanol–water partition coefficient (Wildman–Crippen LogP) is 3.22. The van der Waals surface area contributed by atoms with Gasteiger partial charge in [0, 0.05) is 12.5 Å². The van der Waals surface area contributed by atoms with Crippen molar-refractivity contribution in [1.29, 1.82) is 0 Å². The van der Waals surface area contributed by atoms with E-state index in [-0.39, 0.29) is 12.4 Å². The molecule has 0 fully saturated rings. The number of halogens is 1. The zero-order valence-corrected chi connectivity index (χ0v) is 11.8. The SMILES string of the molecule is Cc1ccc(C(O)C(CN)c2ccccc2F)cc1C. The molecule has 0 aliphatic heterocycles. The van der Waals surface area contributed by atoms with E-state index in [4.69, 9.17) is 5.73 Å². The summed E-state index contributed by atoms with van der Waals surface area (Å²) in [5, 5.41) is 10.5. The van der Waals surface area contributed by atoms with E-state index in [0.717, 1.165) is 16.7 Å². The minimum Gasteiger partial charge on any atom is -0.388 e. The van der Waals surface area contributed by atoms with Gasteiger partial charge in [0.1, 0.15) is 5.82 Å². The van der Waals surface area contributed by atoms with Crippen LogP contribution in [0.3, 0.4) is 0 Å². The highest BCUT2D eigenvalue weighted by Crippen LogP contribution is 2.32. The summed E-state index contributed by atoms with van der Waals surface area (Å²) in [6, 6.07) is 12.2.